The molecule has 3 aromatic heterocycles. The van der Waals surface area contributed by atoms with Crippen LogP contribution in [0.15, 0.2) is 47.2 Å². The van der Waals surface area contributed by atoms with Gasteiger partial charge in [-0.25, -0.2) is 4.98 Å². The molecule has 0 fully saturated rings. The van der Waals surface area contributed by atoms with Crippen molar-refractivity contribution in [1.82, 2.24) is 20.4 Å². The maximum absolute atomic E-state index is 12.5. The van der Waals surface area contributed by atoms with Crippen LogP contribution < -0.4 is 10.1 Å². The Morgan fingerprint density at radius 3 is 2.97 bits per heavy atom. The molecule has 0 aliphatic carbocycles. The molecule has 1 atom stereocenters. The molecule has 148 valence electrons. The standard InChI is InChI=1S/C21H20N4O3S/c1-12(20-13(2)29-14(3)24-20)23-21(26)18-9-16(28-25-18)11-27-19-6-4-5-15-10-22-8-7-17(15)19/h4-10,12H,11H2,1-3H3,(H,23,26). The van der Waals surface area contributed by atoms with Gasteiger partial charge < -0.3 is 14.6 Å². The average Bonchev–Trinajstić information content (AvgIpc) is 3.32. The molecule has 1 aromatic carbocycles. The summed E-state index contributed by atoms with van der Waals surface area (Å²) in [6.45, 7) is 6.02. The van der Waals surface area contributed by atoms with Crippen molar-refractivity contribution in [3.63, 3.8) is 0 Å². The van der Waals surface area contributed by atoms with Crippen LogP contribution in [0, 0.1) is 13.8 Å². The second-order valence-electron chi connectivity index (χ2n) is 6.69. The third-order valence-corrected chi connectivity index (χ3v) is 5.40. The molecule has 7 nitrogen and oxygen atoms in total. The van der Waals surface area contributed by atoms with E-state index in [4.69, 9.17) is 9.26 Å². The number of hydrogen-bond donors (Lipinski definition) is 1. The van der Waals surface area contributed by atoms with Gasteiger partial charge in [0, 0.05) is 34.1 Å². The van der Waals surface area contributed by atoms with E-state index in [2.05, 4.69) is 20.4 Å². The zero-order valence-electron chi connectivity index (χ0n) is 16.3. The van der Waals surface area contributed by atoms with Gasteiger partial charge >= 0.3 is 0 Å². The fourth-order valence-electron chi connectivity index (χ4n) is 3.14. The van der Waals surface area contributed by atoms with Crippen molar-refractivity contribution in [1.29, 1.82) is 0 Å². The number of aromatic nitrogens is 3. The fraction of sp³-hybridized carbons (Fsp3) is 0.238. The summed E-state index contributed by atoms with van der Waals surface area (Å²) < 4.78 is 11.1. The van der Waals surface area contributed by atoms with Crippen LogP contribution in [0.1, 0.15) is 44.8 Å². The molecule has 0 radical (unpaired) electrons. The highest BCUT2D eigenvalue weighted by Gasteiger charge is 2.19. The number of thiazole rings is 1. The maximum Gasteiger partial charge on any atom is 0.274 e. The quantitative estimate of drug-likeness (QED) is 0.510. The van der Waals surface area contributed by atoms with Crippen LogP contribution in [0.25, 0.3) is 10.8 Å². The van der Waals surface area contributed by atoms with Gasteiger partial charge in [-0.15, -0.1) is 11.3 Å². The average molecular weight is 408 g/mol. The van der Waals surface area contributed by atoms with Gasteiger partial charge in [-0.05, 0) is 32.9 Å². The Kier molecular flexibility index (Phi) is 5.26. The van der Waals surface area contributed by atoms with Crippen LogP contribution in [0.2, 0.25) is 0 Å². The van der Waals surface area contributed by atoms with Gasteiger partial charge in [-0.2, -0.15) is 0 Å². The topological polar surface area (TPSA) is 90.1 Å². The number of pyridine rings is 1. The first-order chi connectivity index (χ1) is 14.0. The smallest absolute Gasteiger partial charge is 0.274 e. The molecular weight excluding hydrogens is 388 g/mol. The summed E-state index contributed by atoms with van der Waals surface area (Å²) >= 11 is 1.61. The molecular formula is C21H20N4O3S. The van der Waals surface area contributed by atoms with Crippen molar-refractivity contribution in [3.05, 3.63) is 69.8 Å². The zero-order valence-corrected chi connectivity index (χ0v) is 17.1. The van der Waals surface area contributed by atoms with Crippen molar-refractivity contribution in [2.75, 3.05) is 0 Å². The molecule has 8 heteroatoms. The summed E-state index contributed by atoms with van der Waals surface area (Å²) in [6.07, 6.45) is 3.50. The number of fused-ring (bicyclic) bond motifs is 1. The van der Waals surface area contributed by atoms with Gasteiger partial charge in [0.15, 0.2) is 11.5 Å². The highest BCUT2D eigenvalue weighted by molar-refractivity contribution is 7.11. The van der Waals surface area contributed by atoms with Gasteiger partial charge in [0.05, 0.1) is 16.7 Å². The molecule has 0 aliphatic rings. The highest BCUT2D eigenvalue weighted by Crippen LogP contribution is 2.26. The van der Waals surface area contributed by atoms with Crippen LogP contribution >= 0.6 is 11.3 Å². The Morgan fingerprint density at radius 2 is 2.17 bits per heavy atom. The van der Waals surface area contributed by atoms with Crippen molar-refractivity contribution >= 4 is 28.0 Å². The predicted molar refractivity (Wildman–Crippen MR) is 110 cm³/mol. The zero-order chi connectivity index (χ0) is 20.4. The molecule has 0 aliphatic heterocycles. The minimum absolute atomic E-state index is 0.168. The number of aryl methyl sites for hydroxylation is 2. The van der Waals surface area contributed by atoms with Crippen LogP contribution in [-0.4, -0.2) is 21.0 Å². The third-order valence-electron chi connectivity index (χ3n) is 4.50. The number of benzene rings is 1. The number of ether oxygens (including phenoxy) is 1. The minimum Gasteiger partial charge on any atom is -0.485 e. The highest BCUT2D eigenvalue weighted by atomic mass is 32.1. The first-order valence-corrected chi connectivity index (χ1v) is 9.99. The largest absolute Gasteiger partial charge is 0.485 e. The van der Waals surface area contributed by atoms with Gasteiger partial charge in [0.1, 0.15) is 12.4 Å². The number of nitrogens with zero attached hydrogens (tertiary/aromatic N) is 3. The van der Waals surface area contributed by atoms with Gasteiger partial charge in [-0.3, -0.25) is 9.78 Å². The Bertz CT molecular complexity index is 1160. The molecule has 0 saturated heterocycles. The van der Waals surface area contributed by atoms with Gasteiger partial charge in [0.25, 0.3) is 5.91 Å². The number of rotatable bonds is 6. The van der Waals surface area contributed by atoms with Gasteiger partial charge in [0.2, 0.25) is 0 Å². The van der Waals surface area contributed by atoms with E-state index in [1.54, 1.807) is 29.8 Å². The second kappa shape index (κ2) is 8.00. The van der Waals surface area contributed by atoms with Crippen LogP contribution in [-0.2, 0) is 6.61 Å². The minimum atomic E-state index is -0.311. The number of amides is 1. The van der Waals surface area contributed by atoms with E-state index in [0.29, 0.717) is 5.76 Å². The molecule has 0 bridgehead atoms. The molecule has 4 rings (SSSR count). The number of carbonyl (C=O) groups excluding carboxylic acids is 1. The van der Waals surface area contributed by atoms with E-state index in [0.717, 1.165) is 32.1 Å². The first kappa shape index (κ1) is 19.1. The lowest BCUT2D eigenvalue weighted by Crippen LogP contribution is -2.27. The summed E-state index contributed by atoms with van der Waals surface area (Å²) in [4.78, 5) is 22.2. The van der Waals surface area contributed by atoms with Crippen LogP contribution in [0.5, 0.6) is 5.75 Å². The summed E-state index contributed by atoms with van der Waals surface area (Å²) in [5.74, 6) is 0.874. The summed E-state index contributed by atoms with van der Waals surface area (Å²) in [5.41, 5.74) is 1.08. The number of hydrogen-bond acceptors (Lipinski definition) is 7. The predicted octanol–water partition coefficient (Wildman–Crippen LogP) is 4.37. The lowest BCUT2D eigenvalue weighted by molar-refractivity contribution is 0.0929. The molecule has 1 unspecified atom stereocenters. The molecule has 1 N–H and O–H groups in total. The van der Waals surface area contributed by atoms with E-state index in [9.17, 15) is 4.79 Å². The maximum atomic E-state index is 12.5. The molecule has 3 heterocycles. The van der Waals surface area contributed by atoms with Crippen molar-refractivity contribution in [2.45, 2.75) is 33.4 Å². The lowest BCUT2D eigenvalue weighted by Gasteiger charge is -2.11. The van der Waals surface area contributed by atoms with Crippen molar-refractivity contribution in [3.8, 4) is 5.75 Å². The molecule has 29 heavy (non-hydrogen) atoms. The molecule has 0 spiro atoms. The van der Waals surface area contributed by atoms with E-state index >= 15 is 0 Å². The van der Waals surface area contributed by atoms with Gasteiger partial charge in [-0.1, -0.05) is 17.3 Å². The van der Waals surface area contributed by atoms with Crippen LogP contribution in [0.3, 0.4) is 0 Å². The SMILES string of the molecule is Cc1nc(C(C)NC(=O)c2cc(COc3cccc4cnccc34)on2)c(C)s1. The van der Waals surface area contributed by atoms with E-state index in [1.807, 2.05) is 45.0 Å². The summed E-state index contributed by atoms with van der Waals surface area (Å²) in [6, 6.07) is 9.03. The Labute approximate surface area is 171 Å². The number of carbonyl (C=O) groups is 1. The van der Waals surface area contributed by atoms with E-state index in [-0.39, 0.29) is 24.2 Å². The summed E-state index contributed by atoms with van der Waals surface area (Å²) in [5, 5.41) is 9.71. The first-order valence-electron chi connectivity index (χ1n) is 9.17. The van der Waals surface area contributed by atoms with E-state index in [1.165, 1.54) is 0 Å². The Balaban J connectivity index is 1.41. The van der Waals surface area contributed by atoms with Crippen molar-refractivity contribution in [2.24, 2.45) is 0 Å². The molecule has 4 aromatic rings. The monoisotopic (exact) mass is 408 g/mol. The van der Waals surface area contributed by atoms with Crippen LogP contribution in [0.4, 0.5) is 0 Å². The normalized spacial score (nSPS) is 12.1. The summed E-state index contributed by atoms with van der Waals surface area (Å²) in [7, 11) is 0. The van der Waals surface area contributed by atoms with Crippen molar-refractivity contribution < 1.29 is 14.1 Å². The third kappa shape index (κ3) is 4.12. The fourth-order valence-corrected chi connectivity index (χ4v) is 4.06. The van der Waals surface area contributed by atoms with E-state index < -0.39 is 0 Å². The molecule has 0 saturated carbocycles. The molecule has 1 amide bonds. The lowest BCUT2D eigenvalue weighted by atomic mass is 10.1. The Hall–Kier alpha value is -3.26. The number of nitrogens with one attached hydrogen (secondary N) is 1. The second-order valence-corrected chi connectivity index (χ2v) is 8.10. The Morgan fingerprint density at radius 1 is 1.31 bits per heavy atom.